The first-order valence-corrected chi connectivity index (χ1v) is 15.7. The molecule has 0 amide bonds. The second-order valence-corrected chi connectivity index (χ2v) is 12.2. The monoisotopic (exact) mass is 578 g/mol. The molecule has 9 rings (SSSR count). The molecule has 0 radical (unpaired) electrons. The zero-order valence-electron chi connectivity index (χ0n) is 23.8. The number of fused-ring (bicyclic) bond motifs is 6. The summed E-state index contributed by atoms with van der Waals surface area (Å²) in [5, 5.41) is 5.05. The highest BCUT2D eigenvalue weighted by molar-refractivity contribution is 7.25. The number of aromatic nitrogens is 2. The molecule has 3 heteroatoms. The van der Waals surface area contributed by atoms with Crippen LogP contribution in [0.2, 0.25) is 0 Å². The van der Waals surface area contributed by atoms with Crippen LogP contribution in [-0.2, 0) is 0 Å². The molecule has 44 heavy (non-hydrogen) atoms. The predicted octanol–water partition coefficient (Wildman–Crippen LogP) is 11.5. The Balaban J connectivity index is 1.37. The number of pyridine rings is 1. The highest BCUT2D eigenvalue weighted by atomic mass is 32.1. The van der Waals surface area contributed by atoms with Gasteiger partial charge in [0.15, 0.2) is 0 Å². The number of hydrogen-bond donors (Lipinski definition) is 0. The van der Waals surface area contributed by atoms with Crippen LogP contribution in [0.5, 0.6) is 0 Å². The Morgan fingerprint density at radius 3 is 1.93 bits per heavy atom. The SMILES string of the molecule is c1ccc(-c2cc(-c3cccc4sc5ccccc5c34)cc(-c3cccc4c3c3ccccc3n4-c3ccccc3)n2)cc1. The number of rotatable bonds is 4. The van der Waals surface area contributed by atoms with Crippen LogP contribution in [-0.4, -0.2) is 9.55 Å². The summed E-state index contributed by atoms with van der Waals surface area (Å²) in [6.45, 7) is 0. The van der Waals surface area contributed by atoms with Gasteiger partial charge in [-0.2, -0.15) is 0 Å². The lowest BCUT2D eigenvalue weighted by Crippen LogP contribution is -1.94. The van der Waals surface area contributed by atoms with Crippen molar-refractivity contribution in [2.24, 2.45) is 0 Å². The van der Waals surface area contributed by atoms with Crippen molar-refractivity contribution in [3.8, 4) is 39.3 Å². The Labute approximate surface area is 259 Å². The molecule has 0 atom stereocenters. The average Bonchev–Trinajstić information content (AvgIpc) is 3.65. The Bertz CT molecular complexity index is 2490. The van der Waals surface area contributed by atoms with E-state index in [-0.39, 0.29) is 0 Å². The Morgan fingerprint density at radius 2 is 1.07 bits per heavy atom. The van der Waals surface area contributed by atoms with Crippen LogP contribution in [0.1, 0.15) is 0 Å². The number of nitrogens with zero attached hydrogens (tertiary/aromatic N) is 2. The van der Waals surface area contributed by atoms with E-state index in [1.54, 1.807) is 0 Å². The van der Waals surface area contributed by atoms with E-state index in [1.165, 1.54) is 53.1 Å². The van der Waals surface area contributed by atoms with E-state index in [1.807, 2.05) is 11.3 Å². The minimum atomic E-state index is 0.971. The number of thiophene rings is 1. The van der Waals surface area contributed by atoms with Crippen LogP contribution >= 0.6 is 11.3 Å². The van der Waals surface area contributed by atoms with Crippen LogP contribution in [0.4, 0.5) is 0 Å². The molecule has 0 fully saturated rings. The first kappa shape index (κ1) is 25.0. The van der Waals surface area contributed by atoms with Crippen molar-refractivity contribution in [1.29, 1.82) is 0 Å². The summed E-state index contributed by atoms with van der Waals surface area (Å²) < 4.78 is 4.98. The van der Waals surface area contributed by atoms with Gasteiger partial charge in [-0.05, 0) is 59.7 Å². The van der Waals surface area contributed by atoms with E-state index < -0.39 is 0 Å². The van der Waals surface area contributed by atoms with Crippen LogP contribution < -0.4 is 0 Å². The van der Waals surface area contributed by atoms with E-state index in [0.717, 1.165) is 28.2 Å². The first-order chi connectivity index (χ1) is 21.8. The molecule has 3 heterocycles. The molecule has 9 aromatic rings. The van der Waals surface area contributed by atoms with Crippen LogP contribution in [0.15, 0.2) is 158 Å². The number of para-hydroxylation sites is 2. The van der Waals surface area contributed by atoms with Gasteiger partial charge < -0.3 is 4.57 Å². The van der Waals surface area contributed by atoms with Gasteiger partial charge in [0.25, 0.3) is 0 Å². The normalized spacial score (nSPS) is 11.6. The summed E-state index contributed by atoms with van der Waals surface area (Å²) in [6, 6.07) is 56.5. The molecule has 206 valence electrons. The lowest BCUT2D eigenvalue weighted by molar-refractivity contribution is 1.18. The zero-order chi connectivity index (χ0) is 29.0. The summed E-state index contributed by atoms with van der Waals surface area (Å²) in [5.41, 5.74) is 10.1. The van der Waals surface area contributed by atoms with Crippen molar-refractivity contribution >= 4 is 53.3 Å². The molecule has 0 saturated carbocycles. The maximum Gasteiger partial charge on any atom is 0.0722 e. The molecular formula is C41H26N2S. The van der Waals surface area contributed by atoms with Crippen molar-refractivity contribution in [1.82, 2.24) is 9.55 Å². The smallest absolute Gasteiger partial charge is 0.0722 e. The van der Waals surface area contributed by atoms with Gasteiger partial charge in [-0.25, -0.2) is 4.98 Å². The number of hydrogen-bond acceptors (Lipinski definition) is 2. The van der Waals surface area contributed by atoms with Gasteiger partial charge in [0, 0.05) is 47.8 Å². The minimum absolute atomic E-state index is 0.971. The highest BCUT2D eigenvalue weighted by Gasteiger charge is 2.19. The molecule has 3 aromatic heterocycles. The highest BCUT2D eigenvalue weighted by Crippen LogP contribution is 2.43. The topological polar surface area (TPSA) is 17.8 Å². The Kier molecular flexibility index (Phi) is 5.71. The Morgan fingerprint density at radius 1 is 0.432 bits per heavy atom. The summed E-state index contributed by atoms with van der Waals surface area (Å²) in [7, 11) is 0. The van der Waals surface area contributed by atoms with Crippen LogP contribution in [0.3, 0.4) is 0 Å². The third-order valence-electron chi connectivity index (χ3n) is 8.60. The fraction of sp³-hybridized carbons (Fsp3) is 0. The van der Waals surface area contributed by atoms with Crippen molar-refractivity contribution < 1.29 is 0 Å². The molecule has 0 N–H and O–H groups in total. The summed E-state index contributed by atoms with van der Waals surface area (Å²) in [6.07, 6.45) is 0. The third-order valence-corrected chi connectivity index (χ3v) is 9.73. The van der Waals surface area contributed by atoms with E-state index in [2.05, 4.69) is 162 Å². The molecule has 0 aliphatic rings. The van der Waals surface area contributed by atoms with Gasteiger partial charge in [-0.1, -0.05) is 109 Å². The predicted molar refractivity (Wildman–Crippen MR) is 188 cm³/mol. The molecule has 0 bridgehead atoms. The van der Waals surface area contributed by atoms with E-state index in [0.29, 0.717) is 0 Å². The fourth-order valence-corrected chi connectivity index (χ4v) is 7.82. The maximum atomic E-state index is 5.36. The summed E-state index contributed by atoms with van der Waals surface area (Å²) >= 11 is 1.86. The van der Waals surface area contributed by atoms with Crippen molar-refractivity contribution in [3.63, 3.8) is 0 Å². The molecule has 0 saturated heterocycles. The van der Waals surface area contributed by atoms with Crippen LogP contribution in [0.25, 0.3) is 81.3 Å². The zero-order valence-corrected chi connectivity index (χ0v) is 24.6. The summed E-state index contributed by atoms with van der Waals surface area (Å²) in [4.78, 5) is 5.36. The standard InChI is InChI=1S/C41H26N2S/c1-3-13-27(14-4-1)34-25-28(30-19-12-24-39-41(30)33-18-8-10-23-38(33)44-39)26-35(42-34)31-20-11-22-37-40(31)32-17-7-9-21-36(32)43(37)29-15-5-2-6-16-29/h1-26H. The molecule has 6 aromatic carbocycles. The second-order valence-electron chi connectivity index (χ2n) is 11.2. The van der Waals surface area contributed by atoms with Crippen molar-refractivity contribution in [3.05, 3.63) is 158 Å². The van der Waals surface area contributed by atoms with Crippen molar-refractivity contribution in [2.45, 2.75) is 0 Å². The first-order valence-electron chi connectivity index (χ1n) is 14.9. The second kappa shape index (κ2) is 10.0. The minimum Gasteiger partial charge on any atom is -0.309 e. The molecule has 0 spiro atoms. The van der Waals surface area contributed by atoms with Crippen LogP contribution in [0, 0.1) is 0 Å². The molecule has 0 aliphatic heterocycles. The maximum absolute atomic E-state index is 5.36. The lowest BCUT2D eigenvalue weighted by Gasteiger charge is -2.13. The fourth-order valence-electron chi connectivity index (χ4n) is 6.68. The average molecular weight is 579 g/mol. The van der Waals surface area contributed by atoms with Crippen molar-refractivity contribution in [2.75, 3.05) is 0 Å². The third kappa shape index (κ3) is 3.90. The molecule has 2 nitrogen and oxygen atoms in total. The van der Waals surface area contributed by atoms with Gasteiger partial charge in [-0.3, -0.25) is 0 Å². The largest absolute Gasteiger partial charge is 0.309 e. The molecular weight excluding hydrogens is 553 g/mol. The van der Waals surface area contributed by atoms with Gasteiger partial charge in [0.05, 0.1) is 22.4 Å². The van der Waals surface area contributed by atoms with E-state index in [9.17, 15) is 0 Å². The molecule has 0 unspecified atom stereocenters. The quantitative estimate of drug-likeness (QED) is 0.203. The molecule has 0 aliphatic carbocycles. The van der Waals surface area contributed by atoms with Gasteiger partial charge in [0.2, 0.25) is 0 Å². The van der Waals surface area contributed by atoms with E-state index >= 15 is 0 Å². The number of benzene rings is 6. The van der Waals surface area contributed by atoms with Gasteiger partial charge in [-0.15, -0.1) is 11.3 Å². The lowest BCUT2D eigenvalue weighted by atomic mass is 9.95. The van der Waals surface area contributed by atoms with E-state index in [4.69, 9.17) is 4.98 Å². The van der Waals surface area contributed by atoms with Gasteiger partial charge >= 0.3 is 0 Å². The Hall–Kier alpha value is -5.51. The summed E-state index contributed by atoms with van der Waals surface area (Å²) in [5.74, 6) is 0. The van der Waals surface area contributed by atoms with Gasteiger partial charge in [0.1, 0.15) is 0 Å².